The van der Waals surface area contributed by atoms with E-state index in [2.05, 4.69) is 6.58 Å². The zero-order valence-corrected chi connectivity index (χ0v) is 12.9. The van der Waals surface area contributed by atoms with Crippen molar-refractivity contribution in [3.8, 4) is 0 Å². The van der Waals surface area contributed by atoms with Gasteiger partial charge in [0.25, 0.3) is 5.79 Å². The molecule has 0 aromatic heterocycles. The second kappa shape index (κ2) is 6.37. The van der Waals surface area contributed by atoms with Crippen molar-refractivity contribution in [3.05, 3.63) is 35.8 Å². The van der Waals surface area contributed by atoms with Gasteiger partial charge in [0.2, 0.25) is 0 Å². The van der Waals surface area contributed by atoms with Crippen molar-refractivity contribution in [3.63, 3.8) is 0 Å². The Hall–Kier alpha value is -1.71. The number of hydrogen-bond donors (Lipinski definition) is 1. The molecule has 0 bridgehead atoms. The molecule has 0 aromatic carbocycles. The SMILES string of the molecule is C=C(C(=O)O)C(OC1=CCCC1)(OC1=CCCC1)C(C)C. The Bertz CT molecular complexity index is 459. The van der Waals surface area contributed by atoms with Gasteiger partial charge in [0, 0.05) is 18.8 Å². The van der Waals surface area contributed by atoms with Crippen LogP contribution in [0, 0.1) is 5.92 Å². The zero-order chi connectivity index (χ0) is 15.5. The van der Waals surface area contributed by atoms with Crippen LogP contribution in [0.25, 0.3) is 0 Å². The number of carbonyl (C=O) groups is 1. The molecule has 0 fully saturated rings. The Kier molecular flexibility index (Phi) is 4.76. The summed E-state index contributed by atoms with van der Waals surface area (Å²) in [6.07, 6.45) is 9.67. The maximum Gasteiger partial charge on any atom is 0.338 e. The molecule has 0 spiro atoms. The molecule has 0 heterocycles. The highest BCUT2D eigenvalue weighted by Crippen LogP contribution is 2.39. The fourth-order valence-electron chi connectivity index (χ4n) is 2.73. The number of carboxylic acid groups (broad SMARTS) is 1. The van der Waals surface area contributed by atoms with E-state index in [4.69, 9.17) is 9.47 Å². The molecule has 2 rings (SSSR count). The lowest BCUT2D eigenvalue weighted by atomic mass is 9.94. The van der Waals surface area contributed by atoms with Gasteiger partial charge in [-0.05, 0) is 37.8 Å². The van der Waals surface area contributed by atoms with E-state index in [1.165, 1.54) is 0 Å². The summed E-state index contributed by atoms with van der Waals surface area (Å²) in [5.74, 6) is -0.947. The predicted octanol–water partition coefficient (Wildman–Crippen LogP) is 4.15. The lowest BCUT2D eigenvalue weighted by Gasteiger charge is -2.38. The van der Waals surface area contributed by atoms with Gasteiger partial charge < -0.3 is 14.6 Å². The van der Waals surface area contributed by atoms with Crippen molar-refractivity contribution in [2.45, 2.75) is 58.2 Å². The van der Waals surface area contributed by atoms with Gasteiger partial charge in [-0.25, -0.2) is 4.79 Å². The van der Waals surface area contributed by atoms with Gasteiger partial charge in [0.15, 0.2) is 0 Å². The van der Waals surface area contributed by atoms with Crippen LogP contribution in [0.2, 0.25) is 0 Å². The van der Waals surface area contributed by atoms with E-state index >= 15 is 0 Å². The van der Waals surface area contributed by atoms with E-state index in [-0.39, 0.29) is 11.5 Å². The molecule has 2 aliphatic carbocycles. The first-order chi connectivity index (χ1) is 9.95. The zero-order valence-electron chi connectivity index (χ0n) is 12.9. The maximum atomic E-state index is 11.5. The monoisotopic (exact) mass is 292 g/mol. The van der Waals surface area contributed by atoms with E-state index < -0.39 is 11.8 Å². The first-order valence-electron chi connectivity index (χ1n) is 7.64. The molecule has 4 nitrogen and oxygen atoms in total. The molecule has 0 amide bonds. The minimum atomic E-state index is -1.32. The highest BCUT2D eigenvalue weighted by atomic mass is 16.7. The predicted molar refractivity (Wildman–Crippen MR) is 80.4 cm³/mol. The van der Waals surface area contributed by atoms with Crippen LogP contribution in [-0.2, 0) is 14.3 Å². The summed E-state index contributed by atoms with van der Waals surface area (Å²) >= 11 is 0. The standard InChI is InChI=1S/C17H24O4/c1-12(2)17(13(3)16(18)19,20-14-8-4-5-9-14)21-15-10-6-7-11-15/h8,10,12H,3-7,9,11H2,1-2H3,(H,18,19). The molecule has 1 N–H and O–H groups in total. The Morgan fingerprint density at radius 2 is 1.67 bits per heavy atom. The molecule has 0 unspecified atom stereocenters. The second-order valence-electron chi connectivity index (χ2n) is 5.94. The summed E-state index contributed by atoms with van der Waals surface area (Å²) in [7, 11) is 0. The molecular formula is C17H24O4. The fraction of sp³-hybridized carbons (Fsp3) is 0.588. The Morgan fingerprint density at radius 1 is 1.19 bits per heavy atom. The number of carboxylic acids is 1. The van der Waals surface area contributed by atoms with Crippen LogP contribution < -0.4 is 0 Å². The molecule has 0 atom stereocenters. The summed E-state index contributed by atoms with van der Waals surface area (Å²) < 4.78 is 12.1. The van der Waals surface area contributed by atoms with Gasteiger partial charge in [0.1, 0.15) is 5.57 Å². The average molecular weight is 292 g/mol. The molecule has 0 saturated carbocycles. The molecule has 0 radical (unpaired) electrons. The quantitative estimate of drug-likeness (QED) is 0.566. The summed E-state index contributed by atoms with van der Waals surface area (Å²) in [6.45, 7) is 7.53. The van der Waals surface area contributed by atoms with Crippen molar-refractivity contribution < 1.29 is 19.4 Å². The molecular weight excluding hydrogens is 268 g/mol. The lowest BCUT2D eigenvalue weighted by molar-refractivity contribution is -0.198. The lowest BCUT2D eigenvalue weighted by Crippen LogP contribution is -2.45. The third kappa shape index (κ3) is 3.31. The number of allylic oxidation sites excluding steroid dienone is 4. The Morgan fingerprint density at radius 3 is 1.95 bits per heavy atom. The molecule has 2 aliphatic rings. The van der Waals surface area contributed by atoms with Gasteiger partial charge in [0.05, 0.1) is 11.5 Å². The van der Waals surface area contributed by atoms with Gasteiger partial charge in [-0.1, -0.05) is 20.4 Å². The average Bonchev–Trinajstić information content (AvgIpc) is 3.09. The van der Waals surface area contributed by atoms with Crippen LogP contribution in [0.15, 0.2) is 35.8 Å². The number of aliphatic carboxylic acids is 1. The Balaban J connectivity index is 2.32. The smallest absolute Gasteiger partial charge is 0.338 e. The van der Waals surface area contributed by atoms with Gasteiger partial charge in [-0.3, -0.25) is 0 Å². The van der Waals surface area contributed by atoms with E-state index in [9.17, 15) is 9.90 Å². The minimum Gasteiger partial charge on any atom is -0.478 e. The topological polar surface area (TPSA) is 55.8 Å². The maximum absolute atomic E-state index is 11.5. The molecule has 0 saturated heterocycles. The van der Waals surface area contributed by atoms with Crippen molar-refractivity contribution in [1.82, 2.24) is 0 Å². The first kappa shape index (κ1) is 15.7. The van der Waals surface area contributed by atoms with Crippen molar-refractivity contribution in [1.29, 1.82) is 0 Å². The van der Waals surface area contributed by atoms with Crippen LogP contribution in [0.4, 0.5) is 0 Å². The number of rotatable bonds is 7. The third-order valence-corrected chi connectivity index (χ3v) is 4.00. The van der Waals surface area contributed by atoms with Crippen LogP contribution in [0.5, 0.6) is 0 Å². The molecule has 116 valence electrons. The highest BCUT2D eigenvalue weighted by molar-refractivity contribution is 5.88. The van der Waals surface area contributed by atoms with Crippen molar-refractivity contribution >= 4 is 5.97 Å². The number of hydrogen-bond acceptors (Lipinski definition) is 3. The molecule has 21 heavy (non-hydrogen) atoms. The van der Waals surface area contributed by atoms with Crippen molar-refractivity contribution in [2.24, 2.45) is 5.92 Å². The summed E-state index contributed by atoms with van der Waals surface area (Å²) in [5, 5.41) is 9.42. The van der Waals surface area contributed by atoms with Crippen LogP contribution in [0.3, 0.4) is 0 Å². The molecule has 0 aliphatic heterocycles. The van der Waals surface area contributed by atoms with E-state index in [0.717, 1.165) is 50.0 Å². The summed E-state index contributed by atoms with van der Waals surface area (Å²) in [5.41, 5.74) is -0.0434. The van der Waals surface area contributed by atoms with E-state index in [1.54, 1.807) is 0 Å². The van der Waals surface area contributed by atoms with Gasteiger partial charge >= 0.3 is 5.97 Å². The normalized spacial score (nSPS) is 18.4. The molecule has 0 aromatic rings. The van der Waals surface area contributed by atoms with Crippen LogP contribution in [-0.4, -0.2) is 16.9 Å². The fourth-order valence-corrected chi connectivity index (χ4v) is 2.73. The largest absolute Gasteiger partial charge is 0.478 e. The van der Waals surface area contributed by atoms with Crippen molar-refractivity contribution in [2.75, 3.05) is 0 Å². The van der Waals surface area contributed by atoms with Gasteiger partial charge in [-0.15, -0.1) is 0 Å². The van der Waals surface area contributed by atoms with Gasteiger partial charge in [-0.2, -0.15) is 0 Å². The Labute approximate surface area is 126 Å². The van der Waals surface area contributed by atoms with Crippen LogP contribution in [0.1, 0.15) is 52.4 Å². The summed E-state index contributed by atoms with van der Waals surface area (Å²) in [4.78, 5) is 11.5. The van der Waals surface area contributed by atoms with E-state index in [0.29, 0.717) is 0 Å². The van der Waals surface area contributed by atoms with Crippen LogP contribution >= 0.6 is 0 Å². The first-order valence-corrected chi connectivity index (χ1v) is 7.64. The highest BCUT2D eigenvalue weighted by Gasteiger charge is 2.46. The summed E-state index contributed by atoms with van der Waals surface area (Å²) in [6, 6.07) is 0. The second-order valence-corrected chi connectivity index (χ2v) is 5.94. The van der Waals surface area contributed by atoms with E-state index in [1.807, 2.05) is 26.0 Å². The number of ether oxygens (including phenoxy) is 2. The third-order valence-electron chi connectivity index (χ3n) is 4.00. The molecule has 4 heteroatoms. The minimum absolute atomic E-state index is 0.0434.